The molecule has 2 rings (SSSR count). The molecule has 0 aromatic heterocycles. The Morgan fingerprint density at radius 2 is 2.04 bits per heavy atom. The summed E-state index contributed by atoms with van der Waals surface area (Å²) < 4.78 is 24.1. The molecular weight excluding hydrogens is 361 g/mol. The van der Waals surface area contributed by atoms with Gasteiger partial charge in [0.05, 0.1) is 19.1 Å². The number of carbonyl (C=O) groups excluding carboxylic acids is 1. The summed E-state index contributed by atoms with van der Waals surface area (Å²) in [7, 11) is 0. The third-order valence-corrected chi connectivity index (χ3v) is 4.67. The molecule has 0 heterocycles. The van der Waals surface area contributed by atoms with Gasteiger partial charge in [0, 0.05) is 18.7 Å². The van der Waals surface area contributed by atoms with E-state index < -0.39 is 0 Å². The summed E-state index contributed by atoms with van der Waals surface area (Å²) in [6.45, 7) is 7.39. The van der Waals surface area contributed by atoms with Crippen LogP contribution in [0, 0.1) is 11.7 Å². The average molecular weight is 394 g/mol. The second kappa shape index (κ2) is 11.5. The van der Waals surface area contributed by atoms with Crippen LogP contribution in [0.25, 0.3) is 0 Å². The molecule has 1 aromatic carbocycles. The van der Waals surface area contributed by atoms with Crippen molar-refractivity contribution >= 4 is 11.9 Å². The van der Waals surface area contributed by atoms with E-state index >= 15 is 0 Å². The number of nitrogens with zero attached hydrogens (tertiary/aromatic N) is 1. The molecule has 1 aliphatic carbocycles. The van der Waals surface area contributed by atoms with Gasteiger partial charge in [0.25, 0.3) is 0 Å². The van der Waals surface area contributed by atoms with Crippen molar-refractivity contribution < 1.29 is 18.7 Å². The summed E-state index contributed by atoms with van der Waals surface area (Å²) >= 11 is 0. The molecular formula is C21H32FN3O3. The predicted molar refractivity (Wildman–Crippen MR) is 108 cm³/mol. The number of hydrogen-bond acceptors (Lipinski definition) is 4. The summed E-state index contributed by atoms with van der Waals surface area (Å²) in [4.78, 5) is 16.5. The molecule has 1 aliphatic rings. The molecule has 7 heteroatoms. The van der Waals surface area contributed by atoms with Gasteiger partial charge in [-0.3, -0.25) is 4.79 Å². The number of halogens is 1. The van der Waals surface area contributed by atoms with E-state index in [2.05, 4.69) is 15.6 Å². The van der Waals surface area contributed by atoms with E-state index in [0.717, 1.165) is 38.2 Å². The van der Waals surface area contributed by atoms with E-state index in [1.54, 1.807) is 12.1 Å². The standard InChI is InChI=1S/C21H32FN3O3/c1-4-23-21(24-14-15(3)28-19-8-6-7-17(22)13-19)25-18-11-9-16(10-12-18)20(26)27-5-2/h6-8,13,15-16,18H,4-5,9-12,14H2,1-3H3,(H2,23,24,25). The van der Waals surface area contributed by atoms with E-state index in [4.69, 9.17) is 9.47 Å². The smallest absolute Gasteiger partial charge is 0.308 e. The Bertz CT molecular complexity index is 646. The minimum Gasteiger partial charge on any atom is -0.489 e. The second-order valence-electron chi connectivity index (χ2n) is 7.05. The molecule has 1 unspecified atom stereocenters. The molecule has 0 amide bonds. The molecule has 1 aromatic rings. The van der Waals surface area contributed by atoms with Crippen molar-refractivity contribution in [3.8, 4) is 5.75 Å². The van der Waals surface area contributed by atoms with Crippen LogP contribution in [0.15, 0.2) is 29.3 Å². The van der Waals surface area contributed by atoms with Crippen LogP contribution in [0.4, 0.5) is 4.39 Å². The number of guanidine groups is 1. The van der Waals surface area contributed by atoms with Crippen LogP contribution in [-0.4, -0.2) is 43.8 Å². The zero-order chi connectivity index (χ0) is 20.4. The van der Waals surface area contributed by atoms with E-state index in [9.17, 15) is 9.18 Å². The second-order valence-corrected chi connectivity index (χ2v) is 7.05. The Hall–Kier alpha value is -2.31. The van der Waals surface area contributed by atoms with Crippen molar-refractivity contribution in [2.45, 2.75) is 58.6 Å². The van der Waals surface area contributed by atoms with Crippen molar-refractivity contribution in [2.75, 3.05) is 19.7 Å². The summed E-state index contributed by atoms with van der Waals surface area (Å²) in [5.41, 5.74) is 0. The highest BCUT2D eigenvalue weighted by molar-refractivity contribution is 5.80. The summed E-state index contributed by atoms with van der Waals surface area (Å²) in [6.07, 6.45) is 3.29. The largest absolute Gasteiger partial charge is 0.489 e. The molecule has 0 spiro atoms. The Morgan fingerprint density at radius 3 is 2.68 bits per heavy atom. The first-order chi connectivity index (χ1) is 13.5. The van der Waals surface area contributed by atoms with Crippen molar-refractivity contribution in [3.63, 3.8) is 0 Å². The van der Waals surface area contributed by atoms with Gasteiger partial charge in [-0.05, 0) is 58.6 Å². The van der Waals surface area contributed by atoms with Crippen LogP contribution >= 0.6 is 0 Å². The lowest BCUT2D eigenvalue weighted by molar-refractivity contribution is -0.149. The predicted octanol–water partition coefficient (Wildman–Crippen LogP) is 3.27. The normalized spacial score (nSPS) is 20.9. The minimum absolute atomic E-state index is 0.0113. The Kier molecular flexibility index (Phi) is 9.04. The Labute approximate surface area is 166 Å². The lowest BCUT2D eigenvalue weighted by Gasteiger charge is -2.29. The van der Waals surface area contributed by atoms with Gasteiger partial charge in [0.1, 0.15) is 17.7 Å². The highest BCUT2D eigenvalue weighted by atomic mass is 19.1. The van der Waals surface area contributed by atoms with Crippen molar-refractivity contribution in [1.82, 2.24) is 10.6 Å². The monoisotopic (exact) mass is 393 g/mol. The van der Waals surface area contributed by atoms with Gasteiger partial charge >= 0.3 is 5.97 Å². The lowest BCUT2D eigenvalue weighted by Crippen LogP contribution is -2.45. The maximum Gasteiger partial charge on any atom is 0.308 e. The lowest BCUT2D eigenvalue weighted by atomic mass is 9.86. The van der Waals surface area contributed by atoms with Gasteiger partial charge in [-0.15, -0.1) is 0 Å². The number of hydrogen-bond donors (Lipinski definition) is 2. The molecule has 1 atom stereocenters. The van der Waals surface area contributed by atoms with Crippen molar-refractivity contribution in [1.29, 1.82) is 0 Å². The highest BCUT2D eigenvalue weighted by Gasteiger charge is 2.27. The van der Waals surface area contributed by atoms with Crippen molar-refractivity contribution in [2.24, 2.45) is 10.9 Å². The van der Waals surface area contributed by atoms with Crippen LogP contribution in [0.3, 0.4) is 0 Å². The number of benzene rings is 1. The number of ether oxygens (including phenoxy) is 2. The maximum atomic E-state index is 13.3. The van der Waals surface area contributed by atoms with Crippen LogP contribution in [0.5, 0.6) is 5.75 Å². The first-order valence-electron chi connectivity index (χ1n) is 10.2. The fourth-order valence-electron chi connectivity index (χ4n) is 3.28. The third kappa shape index (κ3) is 7.37. The van der Waals surface area contributed by atoms with Crippen LogP contribution in [-0.2, 0) is 9.53 Å². The number of esters is 1. The summed E-state index contributed by atoms with van der Waals surface area (Å²) in [6, 6.07) is 6.39. The molecule has 2 N–H and O–H groups in total. The molecule has 1 fully saturated rings. The molecule has 28 heavy (non-hydrogen) atoms. The number of nitrogens with one attached hydrogen (secondary N) is 2. The molecule has 156 valence electrons. The average Bonchev–Trinajstić information content (AvgIpc) is 2.67. The first-order valence-corrected chi connectivity index (χ1v) is 10.2. The Balaban J connectivity index is 1.82. The summed E-state index contributed by atoms with van der Waals surface area (Å²) in [5, 5.41) is 6.69. The molecule has 0 saturated heterocycles. The van der Waals surface area contributed by atoms with E-state index in [1.807, 2.05) is 20.8 Å². The SMILES string of the molecule is CCNC(=NCC(C)Oc1cccc(F)c1)NC1CCC(C(=O)OCC)CC1. The van der Waals surface area contributed by atoms with Gasteiger partial charge in [-0.25, -0.2) is 9.38 Å². The van der Waals surface area contributed by atoms with Crippen LogP contribution in [0.2, 0.25) is 0 Å². The van der Waals surface area contributed by atoms with Crippen molar-refractivity contribution in [3.05, 3.63) is 30.1 Å². The first kappa shape index (κ1) is 22.0. The van der Waals surface area contributed by atoms with Gasteiger partial charge in [-0.2, -0.15) is 0 Å². The van der Waals surface area contributed by atoms with E-state index in [0.29, 0.717) is 18.9 Å². The van der Waals surface area contributed by atoms with Crippen LogP contribution < -0.4 is 15.4 Å². The number of rotatable bonds is 8. The molecule has 0 radical (unpaired) electrons. The van der Waals surface area contributed by atoms with Gasteiger partial charge in [0.15, 0.2) is 5.96 Å². The van der Waals surface area contributed by atoms with Gasteiger partial charge < -0.3 is 20.1 Å². The molecule has 6 nitrogen and oxygen atoms in total. The fourth-order valence-corrected chi connectivity index (χ4v) is 3.28. The quantitative estimate of drug-likeness (QED) is 0.403. The fraction of sp³-hybridized carbons (Fsp3) is 0.619. The molecule has 1 saturated carbocycles. The Morgan fingerprint density at radius 1 is 1.29 bits per heavy atom. The van der Waals surface area contributed by atoms with E-state index in [-0.39, 0.29) is 29.9 Å². The molecule has 0 aliphatic heterocycles. The van der Waals surface area contributed by atoms with Crippen LogP contribution in [0.1, 0.15) is 46.5 Å². The zero-order valence-corrected chi connectivity index (χ0v) is 17.0. The minimum atomic E-state index is -0.318. The summed E-state index contributed by atoms with van der Waals surface area (Å²) in [5.74, 6) is 0.846. The topological polar surface area (TPSA) is 72.0 Å². The van der Waals surface area contributed by atoms with Gasteiger partial charge in [-0.1, -0.05) is 6.07 Å². The van der Waals surface area contributed by atoms with Gasteiger partial charge in [0.2, 0.25) is 0 Å². The highest BCUT2D eigenvalue weighted by Crippen LogP contribution is 2.25. The zero-order valence-electron chi connectivity index (χ0n) is 17.0. The molecule has 0 bridgehead atoms. The number of carbonyl (C=O) groups is 1. The van der Waals surface area contributed by atoms with E-state index in [1.165, 1.54) is 12.1 Å². The number of aliphatic imine (C=N–C) groups is 1. The third-order valence-electron chi connectivity index (χ3n) is 4.67. The maximum absolute atomic E-state index is 13.3.